The molecule has 0 aromatic carbocycles. The van der Waals surface area contributed by atoms with Gasteiger partial charge in [0.15, 0.2) is 0 Å². The molecule has 0 aromatic heterocycles. The van der Waals surface area contributed by atoms with E-state index in [0.29, 0.717) is 5.76 Å². The first kappa shape index (κ1) is 13.1. The Kier molecular flexibility index (Phi) is 4.41. The average molecular weight is 244 g/mol. The Balaban J connectivity index is 2.75. The second kappa shape index (κ2) is 5.38. The Morgan fingerprint density at radius 1 is 1.12 bits per heavy atom. The van der Waals surface area contributed by atoms with Crippen LogP contribution in [0.3, 0.4) is 0 Å². The summed E-state index contributed by atoms with van der Waals surface area (Å²) in [6, 6.07) is 0. The highest BCUT2D eigenvalue weighted by Gasteiger charge is 2.24. The van der Waals surface area contributed by atoms with Crippen LogP contribution in [0.5, 0.6) is 0 Å². The maximum atomic E-state index is 11.1. The van der Waals surface area contributed by atoms with Gasteiger partial charge in [0.25, 0.3) is 0 Å². The highest BCUT2D eigenvalue weighted by Crippen LogP contribution is 2.29. The Morgan fingerprint density at radius 3 is 2.19 bits per heavy atom. The van der Waals surface area contributed by atoms with Crippen LogP contribution in [0.1, 0.15) is 25.7 Å². The van der Waals surface area contributed by atoms with Crippen molar-refractivity contribution in [3.63, 3.8) is 0 Å². The van der Waals surface area contributed by atoms with Crippen molar-refractivity contribution in [2.45, 2.75) is 45.3 Å². The van der Waals surface area contributed by atoms with Crippen LogP contribution in [-0.2, 0) is 13.9 Å². The van der Waals surface area contributed by atoms with Crippen LogP contribution >= 0.6 is 0 Å². The van der Waals surface area contributed by atoms with Gasteiger partial charge >= 0.3 is 6.16 Å². The lowest BCUT2D eigenvalue weighted by Gasteiger charge is -2.26. The van der Waals surface area contributed by atoms with E-state index in [2.05, 4.69) is 24.4 Å². The van der Waals surface area contributed by atoms with Crippen LogP contribution in [0.2, 0.25) is 19.6 Å². The number of methoxy groups -OCH3 is 1. The minimum absolute atomic E-state index is 0.653. The van der Waals surface area contributed by atoms with Crippen molar-refractivity contribution in [2.75, 3.05) is 7.11 Å². The van der Waals surface area contributed by atoms with Crippen LogP contribution in [0, 0.1) is 0 Å². The number of hydrogen-bond donors (Lipinski definition) is 0. The van der Waals surface area contributed by atoms with E-state index in [4.69, 9.17) is 9.16 Å². The van der Waals surface area contributed by atoms with Crippen LogP contribution in [0.4, 0.5) is 4.79 Å². The topological polar surface area (TPSA) is 44.8 Å². The maximum Gasteiger partial charge on any atom is 0.513 e. The highest BCUT2D eigenvalue weighted by atomic mass is 28.4. The SMILES string of the molecule is COC(=O)OC1=C(O[Si](C)(C)C)CCCC1. The molecule has 0 heterocycles. The van der Waals surface area contributed by atoms with E-state index in [-0.39, 0.29) is 0 Å². The lowest BCUT2D eigenvalue weighted by Crippen LogP contribution is -2.26. The normalized spacial score (nSPS) is 17.0. The Hall–Kier alpha value is -0.973. The third-order valence-electron chi connectivity index (χ3n) is 2.17. The summed E-state index contributed by atoms with van der Waals surface area (Å²) in [5.74, 6) is 1.50. The van der Waals surface area contributed by atoms with E-state index in [1.165, 1.54) is 7.11 Å². The van der Waals surface area contributed by atoms with Gasteiger partial charge in [0.1, 0.15) is 11.5 Å². The molecular formula is C11H20O4Si. The molecule has 1 aliphatic rings. The summed E-state index contributed by atoms with van der Waals surface area (Å²) >= 11 is 0. The van der Waals surface area contributed by atoms with Crippen molar-refractivity contribution in [3.05, 3.63) is 11.5 Å². The summed E-state index contributed by atoms with van der Waals surface area (Å²) in [5.41, 5.74) is 0. The fourth-order valence-corrected chi connectivity index (χ4v) is 2.53. The molecule has 16 heavy (non-hydrogen) atoms. The van der Waals surface area contributed by atoms with Gasteiger partial charge < -0.3 is 13.9 Å². The quantitative estimate of drug-likeness (QED) is 0.564. The van der Waals surface area contributed by atoms with Gasteiger partial charge in [-0.15, -0.1) is 0 Å². The largest absolute Gasteiger partial charge is 0.545 e. The van der Waals surface area contributed by atoms with Gasteiger partial charge in [-0.1, -0.05) is 0 Å². The number of allylic oxidation sites excluding steroid dienone is 2. The summed E-state index contributed by atoms with van der Waals surface area (Å²) in [4.78, 5) is 11.1. The molecule has 0 saturated carbocycles. The van der Waals surface area contributed by atoms with Crippen molar-refractivity contribution < 1.29 is 18.7 Å². The lowest BCUT2D eigenvalue weighted by atomic mass is 10.0. The van der Waals surface area contributed by atoms with Gasteiger partial charge in [-0.25, -0.2) is 4.79 Å². The Bertz CT molecular complexity index is 291. The minimum Gasteiger partial charge on any atom is -0.545 e. The van der Waals surface area contributed by atoms with Gasteiger partial charge in [0, 0.05) is 12.8 Å². The van der Waals surface area contributed by atoms with E-state index in [0.717, 1.165) is 31.4 Å². The highest BCUT2D eigenvalue weighted by molar-refractivity contribution is 6.70. The Morgan fingerprint density at radius 2 is 1.69 bits per heavy atom. The minimum atomic E-state index is -1.64. The summed E-state index contributed by atoms with van der Waals surface area (Å²) in [5, 5.41) is 0. The van der Waals surface area contributed by atoms with Crippen molar-refractivity contribution in [1.82, 2.24) is 0 Å². The zero-order chi connectivity index (χ0) is 12.2. The van der Waals surface area contributed by atoms with E-state index >= 15 is 0 Å². The summed E-state index contributed by atoms with van der Waals surface area (Å²) in [6.07, 6.45) is 3.08. The number of carbonyl (C=O) groups excluding carboxylic acids is 1. The Labute approximate surface area is 97.7 Å². The molecule has 92 valence electrons. The standard InChI is InChI=1S/C11H20O4Si/c1-13-11(12)14-9-7-5-6-8-10(9)15-16(2,3)4/h5-8H2,1-4H3. The second-order valence-corrected chi connectivity index (χ2v) is 9.25. The van der Waals surface area contributed by atoms with Gasteiger partial charge in [-0.3, -0.25) is 0 Å². The predicted octanol–water partition coefficient (Wildman–Crippen LogP) is 3.41. The summed E-state index contributed by atoms with van der Waals surface area (Å²) in [6.45, 7) is 6.35. The van der Waals surface area contributed by atoms with E-state index in [9.17, 15) is 4.79 Å². The second-order valence-electron chi connectivity index (χ2n) is 4.82. The van der Waals surface area contributed by atoms with Crippen LogP contribution in [0.25, 0.3) is 0 Å². The molecule has 0 unspecified atom stereocenters. The molecule has 0 N–H and O–H groups in total. The fourth-order valence-electron chi connectivity index (χ4n) is 1.58. The van der Waals surface area contributed by atoms with Gasteiger partial charge in [0.05, 0.1) is 7.11 Å². The lowest BCUT2D eigenvalue weighted by molar-refractivity contribution is 0.0883. The molecule has 0 spiro atoms. The molecule has 1 aliphatic carbocycles. The number of hydrogen-bond acceptors (Lipinski definition) is 4. The number of carbonyl (C=O) groups is 1. The molecule has 0 aromatic rings. The van der Waals surface area contributed by atoms with Crippen LogP contribution < -0.4 is 0 Å². The average Bonchev–Trinajstić information content (AvgIpc) is 2.18. The molecule has 4 nitrogen and oxygen atoms in total. The van der Waals surface area contributed by atoms with Crippen molar-refractivity contribution in [1.29, 1.82) is 0 Å². The number of rotatable bonds is 3. The molecule has 0 aliphatic heterocycles. The van der Waals surface area contributed by atoms with Gasteiger partial charge in [-0.05, 0) is 32.5 Å². The fraction of sp³-hybridized carbons (Fsp3) is 0.727. The zero-order valence-corrected chi connectivity index (χ0v) is 11.5. The van der Waals surface area contributed by atoms with E-state index in [1.54, 1.807) is 0 Å². The van der Waals surface area contributed by atoms with Crippen molar-refractivity contribution in [2.24, 2.45) is 0 Å². The van der Waals surface area contributed by atoms with Gasteiger partial charge in [-0.2, -0.15) is 0 Å². The van der Waals surface area contributed by atoms with Crippen molar-refractivity contribution >= 4 is 14.5 Å². The van der Waals surface area contributed by atoms with E-state index < -0.39 is 14.5 Å². The molecule has 0 atom stereocenters. The maximum absolute atomic E-state index is 11.1. The van der Waals surface area contributed by atoms with Crippen LogP contribution in [-0.4, -0.2) is 21.6 Å². The first-order valence-electron chi connectivity index (χ1n) is 5.59. The van der Waals surface area contributed by atoms with E-state index in [1.807, 2.05) is 0 Å². The predicted molar refractivity (Wildman–Crippen MR) is 63.4 cm³/mol. The first-order valence-corrected chi connectivity index (χ1v) is 9.00. The number of ether oxygens (including phenoxy) is 2. The zero-order valence-electron chi connectivity index (χ0n) is 10.5. The molecule has 5 heteroatoms. The monoisotopic (exact) mass is 244 g/mol. The van der Waals surface area contributed by atoms with Crippen LogP contribution in [0.15, 0.2) is 11.5 Å². The third kappa shape index (κ3) is 4.26. The summed E-state index contributed by atoms with van der Waals surface area (Å²) < 4.78 is 15.5. The third-order valence-corrected chi connectivity index (χ3v) is 3.03. The van der Waals surface area contributed by atoms with Gasteiger partial charge in [0.2, 0.25) is 8.32 Å². The molecule has 0 fully saturated rings. The molecule has 0 amide bonds. The summed E-state index contributed by atoms with van der Waals surface area (Å²) in [7, 11) is -0.327. The molecule has 0 bridgehead atoms. The smallest absolute Gasteiger partial charge is 0.513 e. The molecule has 1 rings (SSSR count). The first-order chi connectivity index (χ1) is 7.42. The van der Waals surface area contributed by atoms with Crippen molar-refractivity contribution in [3.8, 4) is 0 Å². The molecular weight excluding hydrogens is 224 g/mol. The molecule has 0 saturated heterocycles. The molecule has 0 radical (unpaired) electrons.